The van der Waals surface area contributed by atoms with Gasteiger partial charge in [0, 0.05) is 68.8 Å². The van der Waals surface area contributed by atoms with Crippen LogP contribution < -0.4 is 15.0 Å². The SMILES string of the molecule is CCc1cnn2c(NCc3ccc(OCCOCCOCCOCCOCCOCCOCCN(C)C/C=C/C(=O)O)nc3)cc(N3CCCC[C@H]3CCO)nc12. The van der Waals surface area contributed by atoms with Crippen LogP contribution in [0.15, 0.2) is 42.7 Å². The number of hydrogen-bond acceptors (Lipinski definition) is 15. The Morgan fingerprint density at radius 2 is 1.56 bits per heavy atom. The molecule has 0 amide bonds. The van der Waals surface area contributed by atoms with Crippen LogP contribution in [0.25, 0.3) is 5.65 Å². The van der Waals surface area contributed by atoms with Crippen LogP contribution in [0.2, 0.25) is 0 Å². The summed E-state index contributed by atoms with van der Waals surface area (Å²) in [6.45, 7) is 11.2. The second kappa shape index (κ2) is 27.7. The molecular formula is C40H63N7O10. The molecule has 17 nitrogen and oxygen atoms in total. The summed E-state index contributed by atoms with van der Waals surface area (Å²) in [5.41, 5.74) is 2.96. The lowest BCUT2D eigenvalue weighted by Gasteiger charge is -2.36. The van der Waals surface area contributed by atoms with Gasteiger partial charge >= 0.3 is 5.97 Å². The fraction of sp³-hybridized carbons (Fsp3) is 0.650. The number of fused-ring (bicyclic) bond motifs is 1. The number of carboxylic acid groups (broad SMARTS) is 1. The molecule has 4 rings (SSSR count). The number of aliphatic carboxylic acids is 1. The molecule has 1 aliphatic heterocycles. The fourth-order valence-corrected chi connectivity index (χ4v) is 6.11. The number of carboxylic acids is 1. The number of anilines is 2. The average Bonchev–Trinajstić information content (AvgIpc) is 3.64. The first-order valence-corrected chi connectivity index (χ1v) is 20.1. The van der Waals surface area contributed by atoms with Crippen molar-refractivity contribution < 1.29 is 48.2 Å². The van der Waals surface area contributed by atoms with E-state index in [1.54, 1.807) is 12.3 Å². The summed E-state index contributed by atoms with van der Waals surface area (Å²) in [4.78, 5) is 24.3. The van der Waals surface area contributed by atoms with E-state index in [-0.39, 0.29) is 12.6 Å². The fourth-order valence-electron chi connectivity index (χ4n) is 6.11. The molecule has 0 spiro atoms. The number of likely N-dealkylation sites (N-methyl/N-ethyl adjacent to an activating group) is 1. The van der Waals surface area contributed by atoms with Crippen molar-refractivity contribution in [2.45, 2.75) is 51.6 Å². The molecule has 0 bridgehead atoms. The lowest BCUT2D eigenvalue weighted by Crippen LogP contribution is -2.40. The van der Waals surface area contributed by atoms with Gasteiger partial charge in [-0.25, -0.2) is 14.8 Å². The van der Waals surface area contributed by atoms with Gasteiger partial charge in [-0.05, 0) is 44.7 Å². The summed E-state index contributed by atoms with van der Waals surface area (Å²) in [5.74, 6) is 1.38. The van der Waals surface area contributed by atoms with E-state index in [1.165, 1.54) is 6.42 Å². The molecule has 0 aliphatic carbocycles. The number of aryl methyl sites for hydroxylation is 1. The number of piperidine rings is 1. The highest BCUT2D eigenvalue weighted by molar-refractivity contribution is 5.79. The molecule has 1 saturated heterocycles. The molecule has 4 heterocycles. The van der Waals surface area contributed by atoms with E-state index in [4.69, 9.17) is 43.2 Å². The van der Waals surface area contributed by atoms with E-state index in [9.17, 15) is 9.90 Å². The van der Waals surface area contributed by atoms with Gasteiger partial charge in [0.15, 0.2) is 5.65 Å². The number of aromatic nitrogens is 4. The van der Waals surface area contributed by atoms with Crippen molar-refractivity contribution >= 4 is 23.3 Å². The minimum atomic E-state index is -0.944. The van der Waals surface area contributed by atoms with Gasteiger partial charge in [0.05, 0.1) is 85.5 Å². The first kappa shape index (κ1) is 45.8. The monoisotopic (exact) mass is 801 g/mol. The van der Waals surface area contributed by atoms with E-state index in [0.29, 0.717) is 111 Å². The summed E-state index contributed by atoms with van der Waals surface area (Å²) in [6.07, 6.45) is 11.4. The Labute approximate surface area is 336 Å². The Morgan fingerprint density at radius 1 is 0.912 bits per heavy atom. The van der Waals surface area contributed by atoms with E-state index >= 15 is 0 Å². The van der Waals surface area contributed by atoms with Gasteiger partial charge in [-0.1, -0.05) is 19.1 Å². The number of hydrogen-bond donors (Lipinski definition) is 3. The summed E-state index contributed by atoms with van der Waals surface area (Å²) in [6, 6.07) is 6.20. The predicted octanol–water partition coefficient (Wildman–Crippen LogP) is 3.09. The minimum absolute atomic E-state index is 0.172. The third-order valence-electron chi connectivity index (χ3n) is 9.20. The normalized spacial score (nSPS) is 14.7. The molecule has 318 valence electrons. The second-order valence-corrected chi connectivity index (χ2v) is 13.5. The molecule has 0 unspecified atom stereocenters. The number of aliphatic hydroxyl groups is 1. The quantitative estimate of drug-likeness (QED) is 0.0618. The number of nitrogens with one attached hydrogen (secondary N) is 1. The zero-order valence-electron chi connectivity index (χ0n) is 33.7. The number of nitrogens with zero attached hydrogens (tertiary/aromatic N) is 6. The highest BCUT2D eigenvalue weighted by Gasteiger charge is 2.25. The van der Waals surface area contributed by atoms with Crippen LogP contribution in [-0.2, 0) is 46.2 Å². The van der Waals surface area contributed by atoms with Gasteiger partial charge < -0.3 is 58.5 Å². The van der Waals surface area contributed by atoms with Crippen molar-refractivity contribution in [2.24, 2.45) is 0 Å². The van der Waals surface area contributed by atoms with Crippen molar-refractivity contribution in [2.75, 3.05) is 129 Å². The summed E-state index contributed by atoms with van der Waals surface area (Å²) < 4.78 is 40.8. The average molecular weight is 802 g/mol. The largest absolute Gasteiger partial charge is 0.478 e. The van der Waals surface area contributed by atoms with Crippen LogP contribution in [-0.4, -0.2) is 166 Å². The van der Waals surface area contributed by atoms with Crippen LogP contribution >= 0.6 is 0 Å². The third kappa shape index (κ3) is 17.6. The van der Waals surface area contributed by atoms with E-state index in [1.807, 2.05) is 34.8 Å². The highest BCUT2D eigenvalue weighted by atomic mass is 16.6. The first-order chi connectivity index (χ1) is 28.0. The smallest absolute Gasteiger partial charge is 0.328 e. The van der Waals surface area contributed by atoms with Gasteiger partial charge in [-0.3, -0.25) is 0 Å². The van der Waals surface area contributed by atoms with Crippen LogP contribution in [0.4, 0.5) is 11.6 Å². The van der Waals surface area contributed by atoms with Crippen molar-refractivity contribution in [1.29, 1.82) is 0 Å². The number of pyridine rings is 1. The van der Waals surface area contributed by atoms with Gasteiger partial charge in [0.1, 0.15) is 18.2 Å². The number of rotatable bonds is 32. The molecule has 0 aromatic carbocycles. The molecule has 3 N–H and O–H groups in total. The molecule has 0 saturated carbocycles. The highest BCUT2D eigenvalue weighted by Crippen LogP contribution is 2.29. The van der Waals surface area contributed by atoms with Crippen molar-refractivity contribution in [3.05, 3.63) is 53.9 Å². The standard InChI is InChI=1S/C40H63N7O10/c1-3-34-32-43-47-36(29-37(44-40(34)47)46-13-5-4-7-35(46)11-15-48)41-30-33-9-10-38(42-31-33)57-28-27-56-26-25-55-24-23-54-22-21-53-20-19-52-18-17-51-16-14-45(2)12-6-8-39(49)50/h6,8-10,29,31-32,35,41,48H,3-5,7,11-28,30H2,1-2H3,(H,49,50)/b8-6+/t35-/m0/s1. The van der Waals surface area contributed by atoms with Crippen molar-refractivity contribution in [3.8, 4) is 5.88 Å². The lowest BCUT2D eigenvalue weighted by atomic mass is 9.99. The van der Waals surface area contributed by atoms with Crippen LogP contribution in [0.5, 0.6) is 5.88 Å². The Hall–Kier alpha value is -3.94. The topological polar surface area (TPSA) is 184 Å². The summed E-state index contributed by atoms with van der Waals surface area (Å²) in [5, 5.41) is 26.4. The zero-order valence-corrected chi connectivity index (χ0v) is 33.7. The van der Waals surface area contributed by atoms with Gasteiger partial charge in [0.2, 0.25) is 5.88 Å². The molecule has 1 aliphatic rings. The maximum absolute atomic E-state index is 10.5. The predicted molar refractivity (Wildman–Crippen MR) is 215 cm³/mol. The Kier molecular flexibility index (Phi) is 22.2. The van der Waals surface area contributed by atoms with Crippen LogP contribution in [0.3, 0.4) is 0 Å². The summed E-state index contributed by atoms with van der Waals surface area (Å²) in [7, 11) is 1.90. The lowest BCUT2D eigenvalue weighted by molar-refractivity contribution is -0.131. The van der Waals surface area contributed by atoms with E-state index in [0.717, 1.165) is 66.7 Å². The van der Waals surface area contributed by atoms with E-state index in [2.05, 4.69) is 33.3 Å². The molecule has 0 radical (unpaired) electrons. The molecule has 1 fully saturated rings. The first-order valence-electron chi connectivity index (χ1n) is 20.1. The van der Waals surface area contributed by atoms with Crippen molar-refractivity contribution in [1.82, 2.24) is 24.5 Å². The van der Waals surface area contributed by atoms with E-state index < -0.39 is 5.97 Å². The summed E-state index contributed by atoms with van der Waals surface area (Å²) >= 11 is 0. The second-order valence-electron chi connectivity index (χ2n) is 13.5. The van der Waals surface area contributed by atoms with Crippen molar-refractivity contribution in [3.63, 3.8) is 0 Å². The Morgan fingerprint density at radius 3 is 2.16 bits per heavy atom. The number of ether oxygens (including phenoxy) is 7. The van der Waals surface area contributed by atoms with Gasteiger partial charge in [-0.2, -0.15) is 9.61 Å². The minimum Gasteiger partial charge on any atom is -0.478 e. The van der Waals surface area contributed by atoms with Gasteiger partial charge in [-0.15, -0.1) is 0 Å². The number of carbonyl (C=O) groups is 1. The molecule has 17 heteroatoms. The number of aliphatic hydroxyl groups excluding tert-OH is 1. The molecule has 3 aromatic rings. The molecule has 1 atom stereocenters. The Balaban J connectivity index is 0.971. The zero-order chi connectivity index (χ0) is 40.3. The molecule has 3 aromatic heterocycles. The maximum atomic E-state index is 10.5. The molecule has 57 heavy (non-hydrogen) atoms. The molecular weight excluding hydrogens is 738 g/mol. The van der Waals surface area contributed by atoms with Crippen LogP contribution in [0, 0.1) is 0 Å². The third-order valence-corrected chi connectivity index (χ3v) is 9.20. The maximum Gasteiger partial charge on any atom is 0.328 e. The van der Waals surface area contributed by atoms with Gasteiger partial charge in [0.25, 0.3) is 0 Å². The Bertz CT molecular complexity index is 1560. The van der Waals surface area contributed by atoms with Crippen LogP contribution in [0.1, 0.15) is 43.7 Å².